The second-order valence-corrected chi connectivity index (χ2v) is 7.86. The number of alkyl halides is 2. The Bertz CT molecular complexity index is 983. The first-order valence-electron chi connectivity index (χ1n) is 10.1. The molecule has 9 heteroatoms. The van der Waals surface area contributed by atoms with E-state index in [0.29, 0.717) is 30.3 Å². The summed E-state index contributed by atoms with van der Waals surface area (Å²) in [5.74, 6) is 0.726. The largest absolute Gasteiger partial charge is 0.488 e. The number of aromatic nitrogens is 2. The Morgan fingerprint density at radius 3 is 2.93 bits per heavy atom. The molecule has 1 saturated heterocycles. The molecular weight excluding hydrogens is 392 g/mol. The van der Waals surface area contributed by atoms with E-state index in [4.69, 9.17) is 10.1 Å². The Labute approximate surface area is 173 Å². The minimum absolute atomic E-state index is 0.0283. The van der Waals surface area contributed by atoms with Gasteiger partial charge in [0.2, 0.25) is 5.91 Å². The summed E-state index contributed by atoms with van der Waals surface area (Å²) in [6.45, 7) is 2.06. The fraction of sp³-hybridized carbons (Fsp3) is 0.476. The molecule has 0 radical (unpaired) electrons. The van der Waals surface area contributed by atoms with E-state index in [2.05, 4.69) is 20.2 Å². The van der Waals surface area contributed by atoms with Crippen LogP contribution in [-0.2, 0) is 4.79 Å². The smallest absolute Gasteiger partial charge is 0.255 e. The Kier molecular flexibility index (Phi) is 5.69. The number of carbonyl (C=O) groups excluding carboxylic acids is 1. The molecular formula is C21H25F2N5O2. The minimum atomic E-state index is -2.45. The van der Waals surface area contributed by atoms with Gasteiger partial charge in [-0.3, -0.25) is 4.79 Å². The van der Waals surface area contributed by atoms with Crippen molar-refractivity contribution >= 4 is 22.7 Å². The van der Waals surface area contributed by atoms with Gasteiger partial charge in [0.1, 0.15) is 17.4 Å². The zero-order valence-electron chi connectivity index (χ0n) is 16.7. The number of imidazole rings is 1. The number of nitrogens with zero attached hydrogens (tertiary/aromatic N) is 2. The van der Waals surface area contributed by atoms with Crippen molar-refractivity contribution in [3.05, 3.63) is 36.3 Å². The number of benzene rings is 1. The SMILES string of the molecule is C[C@@H](Oc1cc(C(=N)/C=C\NCC(F)F)cc2ncn(C3CC3)c12)[C@H]1CNC(=O)C1. The molecule has 0 unspecified atom stereocenters. The Hall–Kier alpha value is -2.97. The molecule has 2 aliphatic rings. The van der Waals surface area contributed by atoms with Crippen molar-refractivity contribution in [1.82, 2.24) is 20.2 Å². The normalized spacial score (nSPS) is 20.1. The lowest BCUT2D eigenvalue weighted by molar-refractivity contribution is -0.119. The summed E-state index contributed by atoms with van der Waals surface area (Å²) in [7, 11) is 0. The molecule has 3 N–H and O–H groups in total. The molecule has 1 amide bonds. The van der Waals surface area contributed by atoms with Gasteiger partial charge in [0.05, 0.1) is 24.1 Å². The number of hydrogen-bond donors (Lipinski definition) is 3. The zero-order chi connectivity index (χ0) is 21.3. The fourth-order valence-corrected chi connectivity index (χ4v) is 3.66. The van der Waals surface area contributed by atoms with E-state index in [-0.39, 0.29) is 23.6 Å². The highest BCUT2D eigenvalue weighted by Crippen LogP contribution is 2.40. The second kappa shape index (κ2) is 8.41. The highest BCUT2D eigenvalue weighted by atomic mass is 19.3. The summed E-state index contributed by atoms with van der Waals surface area (Å²) in [6.07, 6.45) is 4.56. The summed E-state index contributed by atoms with van der Waals surface area (Å²) >= 11 is 0. The lowest BCUT2D eigenvalue weighted by Gasteiger charge is -2.21. The average Bonchev–Trinajstić information content (AvgIpc) is 3.31. The molecule has 2 aromatic rings. The number of halogens is 2. The van der Waals surface area contributed by atoms with Crippen LogP contribution in [0.3, 0.4) is 0 Å². The topological polar surface area (TPSA) is 92.0 Å². The number of nitrogens with one attached hydrogen (secondary N) is 3. The maximum Gasteiger partial charge on any atom is 0.255 e. The molecule has 4 rings (SSSR count). The number of fused-ring (bicyclic) bond motifs is 1. The standard InChI is InChI=1S/C21H25F2N5O2/c1-12(14-8-20(29)26-9-14)30-18-7-13(16(24)4-5-25-10-19(22)23)6-17-21(18)28(11-27-17)15-2-3-15/h4-7,11-12,14-15,19,24-25H,2-3,8-10H2,1H3,(H,26,29)/b5-4-,24-16?/t12-,14-/m1/s1. The first-order valence-corrected chi connectivity index (χ1v) is 10.1. The van der Waals surface area contributed by atoms with Crippen molar-refractivity contribution in [2.45, 2.75) is 44.8 Å². The van der Waals surface area contributed by atoms with Gasteiger partial charge in [-0.1, -0.05) is 0 Å². The van der Waals surface area contributed by atoms with E-state index in [0.717, 1.165) is 23.9 Å². The summed E-state index contributed by atoms with van der Waals surface area (Å²) in [5.41, 5.74) is 2.36. The van der Waals surface area contributed by atoms with Crippen molar-refractivity contribution in [2.24, 2.45) is 5.92 Å². The van der Waals surface area contributed by atoms with Crippen LogP contribution in [0.5, 0.6) is 5.75 Å². The van der Waals surface area contributed by atoms with E-state index >= 15 is 0 Å². The van der Waals surface area contributed by atoms with Gasteiger partial charge in [-0.25, -0.2) is 13.8 Å². The summed E-state index contributed by atoms with van der Waals surface area (Å²) < 4.78 is 32.9. The van der Waals surface area contributed by atoms with Crippen LogP contribution in [0.1, 0.15) is 37.8 Å². The number of ether oxygens (including phenoxy) is 1. The van der Waals surface area contributed by atoms with E-state index in [1.54, 1.807) is 12.4 Å². The van der Waals surface area contributed by atoms with Crippen LogP contribution in [0.15, 0.2) is 30.7 Å². The van der Waals surface area contributed by atoms with Gasteiger partial charge < -0.3 is 25.3 Å². The van der Waals surface area contributed by atoms with Gasteiger partial charge in [-0.05, 0) is 44.2 Å². The van der Waals surface area contributed by atoms with Crippen molar-refractivity contribution in [2.75, 3.05) is 13.1 Å². The molecule has 1 aromatic carbocycles. The minimum Gasteiger partial charge on any atom is -0.488 e. The number of hydrogen-bond acceptors (Lipinski definition) is 5. The molecule has 1 aliphatic carbocycles. The molecule has 1 aliphatic heterocycles. The van der Waals surface area contributed by atoms with E-state index in [9.17, 15) is 13.6 Å². The van der Waals surface area contributed by atoms with Crippen LogP contribution in [0.4, 0.5) is 8.78 Å². The molecule has 2 atom stereocenters. The molecule has 0 bridgehead atoms. The first kappa shape index (κ1) is 20.3. The number of carbonyl (C=O) groups is 1. The van der Waals surface area contributed by atoms with E-state index in [1.165, 1.54) is 12.3 Å². The van der Waals surface area contributed by atoms with Gasteiger partial charge in [0, 0.05) is 30.5 Å². The highest BCUT2D eigenvalue weighted by Gasteiger charge is 2.30. The lowest BCUT2D eigenvalue weighted by atomic mass is 10.0. The molecule has 7 nitrogen and oxygen atoms in total. The van der Waals surface area contributed by atoms with Crippen LogP contribution < -0.4 is 15.4 Å². The molecule has 1 aromatic heterocycles. The van der Waals surface area contributed by atoms with Crippen LogP contribution in [0.2, 0.25) is 0 Å². The van der Waals surface area contributed by atoms with Gasteiger partial charge in [-0.15, -0.1) is 0 Å². The highest BCUT2D eigenvalue weighted by molar-refractivity contribution is 6.08. The summed E-state index contributed by atoms with van der Waals surface area (Å²) in [6, 6.07) is 4.02. The van der Waals surface area contributed by atoms with Crippen LogP contribution >= 0.6 is 0 Å². The van der Waals surface area contributed by atoms with Crippen LogP contribution in [-0.4, -0.2) is 46.8 Å². The second-order valence-electron chi connectivity index (χ2n) is 7.86. The van der Waals surface area contributed by atoms with E-state index < -0.39 is 13.0 Å². The fourth-order valence-electron chi connectivity index (χ4n) is 3.66. The maximum atomic E-state index is 12.3. The first-order chi connectivity index (χ1) is 14.4. The average molecular weight is 417 g/mol. The van der Waals surface area contributed by atoms with Crippen molar-refractivity contribution < 1.29 is 18.3 Å². The third kappa shape index (κ3) is 4.44. The van der Waals surface area contributed by atoms with Crippen LogP contribution in [0.25, 0.3) is 11.0 Å². The lowest BCUT2D eigenvalue weighted by Crippen LogP contribution is -2.26. The number of amides is 1. The number of allylic oxidation sites excluding steroid dienone is 1. The van der Waals surface area contributed by atoms with Crippen molar-refractivity contribution in [3.63, 3.8) is 0 Å². The van der Waals surface area contributed by atoms with Gasteiger partial charge in [-0.2, -0.15) is 0 Å². The molecule has 160 valence electrons. The third-order valence-corrected chi connectivity index (χ3v) is 5.51. The molecule has 0 spiro atoms. The van der Waals surface area contributed by atoms with Gasteiger partial charge in [0.15, 0.2) is 0 Å². The quantitative estimate of drug-likeness (QED) is 0.547. The Balaban J connectivity index is 1.61. The monoisotopic (exact) mass is 417 g/mol. The Morgan fingerprint density at radius 2 is 2.27 bits per heavy atom. The number of rotatable bonds is 9. The van der Waals surface area contributed by atoms with Crippen molar-refractivity contribution in [1.29, 1.82) is 5.41 Å². The van der Waals surface area contributed by atoms with Gasteiger partial charge in [0.25, 0.3) is 6.43 Å². The van der Waals surface area contributed by atoms with E-state index in [1.807, 2.05) is 13.0 Å². The summed E-state index contributed by atoms with van der Waals surface area (Å²) in [4.78, 5) is 16.1. The molecule has 2 fully saturated rings. The predicted octanol–water partition coefficient (Wildman–Crippen LogP) is 3.01. The zero-order valence-corrected chi connectivity index (χ0v) is 16.7. The molecule has 30 heavy (non-hydrogen) atoms. The molecule has 2 heterocycles. The predicted molar refractivity (Wildman–Crippen MR) is 109 cm³/mol. The summed E-state index contributed by atoms with van der Waals surface area (Å²) in [5, 5.41) is 13.6. The molecule has 1 saturated carbocycles. The Morgan fingerprint density at radius 1 is 1.47 bits per heavy atom. The maximum absolute atomic E-state index is 12.3. The van der Waals surface area contributed by atoms with Crippen molar-refractivity contribution in [3.8, 4) is 5.75 Å². The van der Waals surface area contributed by atoms with Crippen LogP contribution in [0, 0.1) is 11.3 Å². The van der Waals surface area contributed by atoms with Gasteiger partial charge >= 0.3 is 0 Å². The third-order valence-electron chi connectivity index (χ3n) is 5.51.